The molecule has 8 nitrogen and oxygen atoms in total. The summed E-state index contributed by atoms with van der Waals surface area (Å²) in [6, 6.07) is 11.4. The number of carboxylic acids is 1. The normalized spacial score (nSPS) is 12.6. The van der Waals surface area contributed by atoms with Crippen LogP contribution in [0.25, 0.3) is 5.69 Å². The summed E-state index contributed by atoms with van der Waals surface area (Å²) >= 11 is 6.35. The van der Waals surface area contributed by atoms with Crippen LogP contribution in [0.2, 0.25) is 5.02 Å². The monoisotopic (exact) mass is 396 g/mol. The number of nitro groups is 1. The quantitative estimate of drug-likeness (QED) is 0.534. The molecule has 3 aromatic rings. The molecule has 1 N–H and O–H groups in total. The van der Waals surface area contributed by atoms with Crippen LogP contribution in [0.15, 0.2) is 47.5 Å². The molecular weight excluding hydrogens is 384 g/mol. The standard InChI is InChI=1S/C19H13ClN4O4/c1-10-22-18(19(25)26)16-9-21-17(12-4-2-3-5-14(12)20)13-8-11(24(27)28)6-7-15(13)23(10)16/h2-8H,9H2,1H3,(H,25,26). The molecule has 0 aliphatic carbocycles. The number of imidazole rings is 1. The molecule has 4 rings (SSSR count). The minimum Gasteiger partial charge on any atom is -0.476 e. The Bertz CT molecular complexity index is 1180. The van der Waals surface area contributed by atoms with E-state index in [9.17, 15) is 20.0 Å². The first-order chi connectivity index (χ1) is 13.4. The van der Waals surface area contributed by atoms with E-state index in [-0.39, 0.29) is 17.9 Å². The molecule has 1 aliphatic rings. The van der Waals surface area contributed by atoms with E-state index in [1.54, 1.807) is 41.8 Å². The van der Waals surface area contributed by atoms with E-state index >= 15 is 0 Å². The Balaban J connectivity index is 2.06. The second-order valence-electron chi connectivity index (χ2n) is 6.20. The molecule has 0 unspecified atom stereocenters. The maximum Gasteiger partial charge on any atom is 0.356 e. The van der Waals surface area contributed by atoms with Crippen LogP contribution in [0.1, 0.15) is 33.1 Å². The molecule has 0 amide bonds. The number of aliphatic imine (C=N–C) groups is 1. The first-order valence-corrected chi connectivity index (χ1v) is 8.66. The highest BCUT2D eigenvalue weighted by atomic mass is 35.5. The summed E-state index contributed by atoms with van der Waals surface area (Å²) in [7, 11) is 0. The summed E-state index contributed by atoms with van der Waals surface area (Å²) < 4.78 is 1.68. The maximum atomic E-state index is 11.6. The summed E-state index contributed by atoms with van der Waals surface area (Å²) in [6.45, 7) is 1.73. The Morgan fingerprint density at radius 3 is 2.68 bits per heavy atom. The van der Waals surface area contributed by atoms with Crippen molar-refractivity contribution in [1.82, 2.24) is 9.55 Å². The summed E-state index contributed by atoms with van der Waals surface area (Å²) in [5.41, 5.74) is 2.34. The Morgan fingerprint density at radius 1 is 1.25 bits per heavy atom. The van der Waals surface area contributed by atoms with Crippen LogP contribution >= 0.6 is 11.6 Å². The lowest BCUT2D eigenvalue weighted by Gasteiger charge is -2.13. The fourth-order valence-corrected chi connectivity index (χ4v) is 3.58. The van der Waals surface area contributed by atoms with Crippen LogP contribution in [0.5, 0.6) is 0 Å². The van der Waals surface area contributed by atoms with E-state index in [1.165, 1.54) is 12.1 Å². The topological polar surface area (TPSA) is 111 Å². The number of hydrogen-bond donors (Lipinski definition) is 1. The third-order valence-corrected chi connectivity index (χ3v) is 4.88. The smallest absolute Gasteiger partial charge is 0.356 e. The first-order valence-electron chi connectivity index (χ1n) is 8.28. The number of rotatable bonds is 3. The van der Waals surface area contributed by atoms with Crippen LogP contribution in [0, 0.1) is 17.0 Å². The minimum atomic E-state index is -1.16. The van der Waals surface area contributed by atoms with Gasteiger partial charge in [0, 0.05) is 28.3 Å². The van der Waals surface area contributed by atoms with Crippen LogP contribution in [0.4, 0.5) is 5.69 Å². The van der Waals surface area contributed by atoms with E-state index in [4.69, 9.17) is 11.6 Å². The number of non-ortho nitro benzene ring substituents is 1. The average Bonchev–Trinajstić information content (AvgIpc) is 2.89. The Kier molecular flexibility index (Phi) is 4.20. The predicted octanol–water partition coefficient (Wildman–Crippen LogP) is 3.79. The molecule has 0 fully saturated rings. The number of nitrogens with zero attached hydrogens (tertiary/aromatic N) is 4. The number of carbonyl (C=O) groups is 1. The van der Waals surface area contributed by atoms with Gasteiger partial charge in [-0.1, -0.05) is 29.8 Å². The van der Waals surface area contributed by atoms with E-state index in [0.29, 0.717) is 39.1 Å². The number of carboxylic acid groups (broad SMARTS) is 1. The largest absolute Gasteiger partial charge is 0.476 e. The van der Waals surface area contributed by atoms with E-state index < -0.39 is 10.9 Å². The molecule has 0 atom stereocenters. The summed E-state index contributed by atoms with van der Waals surface area (Å²) in [4.78, 5) is 31.2. The van der Waals surface area contributed by atoms with Gasteiger partial charge in [0.05, 0.1) is 28.6 Å². The van der Waals surface area contributed by atoms with Gasteiger partial charge in [-0.3, -0.25) is 19.7 Å². The second kappa shape index (κ2) is 6.58. The molecule has 140 valence electrons. The number of nitro benzene ring substituents is 1. The van der Waals surface area contributed by atoms with Crippen LogP contribution in [-0.4, -0.2) is 31.3 Å². The Morgan fingerprint density at radius 2 is 2.00 bits per heavy atom. The molecule has 2 aromatic carbocycles. The molecule has 0 bridgehead atoms. The zero-order valence-corrected chi connectivity index (χ0v) is 15.3. The zero-order valence-electron chi connectivity index (χ0n) is 14.6. The maximum absolute atomic E-state index is 11.6. The van der Waals surface area contributed by atoms with Crippen molar-refractivity contribution in [3.05, 3.63) is 85.9 Å². The third kappa shape index (κ3) is 2.74. The third-order valence-electron chi connectivity index (χ3n) is 4.55. The lowest BCUT2D eigenvalue weighted by molar-refractivity contribution is -0.384. The van der Waals surface area contributed by atoms with Crippen molar-refractivity contribution < 1.29 is 14.8 Å². The van der Waals surface area contributed by atoms with Gasteiger partial charge in [-0.05, 0) is 19.1 Å². The summed E-state index contributed by atoms with van der Waals surface area (Å²) in [6.07, 6.45) is 0. The van der Waals surface area contributed by atoms with Crippen LogP contribution in [0.3, 0.4) is 0 Å². The minimum absolute atomic E-state index is 0.0471. The first kappa shape index (κ1) is 17.9. The van der Waals surface area contributed by atoms with Crippen molar-refractivity contribution in [2.75, 3.05) is 0 Å². The number of halogens is 1. The van der Waals surface area contributed by atoms with Crippen molar-refractivity contribution in [1.29, 1.82) is 0 Å². The average molecular weight is 397 g/mol. The highest BCUT2D eigenvalue weighted by Gasteiger charge is 2.28. The number of hydrogen-bond acceptors (Lipinski definition) is 5. The van der Waals surface area contributed by atoms with Crippen LogP contribution < -0.4 is 0 Å². The molecule has 2 heterocycles. The molecule has 0 saturated heterocycles. The van der Waals surface area contributed by atoms with Gasteiger partial charge >= 0.3 is 5.97 Å². The van der Waals surface area contributed by atoms with Crippen molar-refractivity contribution in [3.63, 3.8) is 0 Å². The number of aromatic nitrogens is 2. The molecule has 0 radical (unpaired) electrons. The fourth-order valence-electron chi connectivity index (χ4n) is 3.36. The van der Waals surface area contributed by atoms with Gasteiger partial charge in [0.25, 0.3) is 5.69 Å². The number of aromatic carboxylic acids is 1. The summed E-state index contributed by atoms with van der Waals surface area (Å²) in [5, 5.41) is 21.3. The highest BCUT2D eigenvalue weighted by Crippen LogP contribution is 2.32. The molecule has 1 aromatic heterocycles. The molecular formula is C19H13ClN4O4. The van der Waals surface area contributed by atoms with E-state index in [2.05, 4.69) is 9.98 Å². The van der Waals surface area contributed by atoms with Gasteiger partial charge in [-0.2, -0.15) is 0 Å². The molecule has 9 heteroatoms. The van der Waals surface area contributed by atoms with Crippen LogP contribution in [-0.2, 0) is 6.54 Å². The number of aryl methyl sites for hydroxylation is 1. The van der Waals surface area contributed by atoms with Crippen molar-refractivity contribution in [3.8, 4) is 5.69 Å². The highest BCUT2D eigenvalue weighted by molar-refractivity contribution is 6.35. The lowest BCUT2D eigenvalue weighted by Crippen LogP contribution is -2.09. The molecule has 0 saturated carbocycles. The van der Waals surface area contributed by atoms with Crippen molar-refractivity contribution in [2.45, 2.75) is 13.5 Å². The van der Waals surface area contributed by atoms with Gasteiger partial charge in [0.1, 0.15) is 5.82 Å². The molecule has 0 spiro atoms. The van der Waals surface area contributed by atoms with Gasteiger partial charge in [0.15, 0.2) is 5.69 Å². The second-order valence-corrected chi connectivity index (χ2v) is 6.61. The van der Waals surface area contributed by atoms with Gasteiger partial charge < -0.3 is 5.11 Å². The summed E-state index contributed by atoms with van der Waals surface area (Å²) in [5.74, 6) is -0.699. The van der Waals surface area contributed by atoms with Gasteiger partial charge in [0.2, 0.25) is 0 Å². The zero-order chi connectivity index (χ0) is 20.0. The fraction of sp³-hybridized carbons (Fsp3) is 0.105. The van der Waals surface area contributed by atoms with E-state index in [0.717, 1.165) is 0 Å². The number of benzene rings is 2. The number of fused-ring (bicyclic) bond motifs is 3. The Labute approximate surface area is 163 Å². The van der Waals surface area contributed by atoms with Gasteiger partial charge in [-0.25, -0.2) is 9.78 Å². The molecule has 1 aliphatic heterocycles. The van der Waals surface area contributed by atoms with E-state index in [1.807, 2.05) is 0 Å². The predicted molar refractivity (Wildman–Crippen MR) is 103 cm³/mol. The van der Waals surface area contributed by atoms with Crippen molar-refractivity contribution in [2.24, 2.45) is 4.99 Å². The lowest BCUT2D eigenvalue weighted by atomic mass is 9.99. The van der Waals surface area contributed by atoms with Crippen molar-refractivity contribution >= 4 is 29.0 Å². The molecule has 28 heavy (non-hydrogen) atoms. The van der Waals surface area contributed by atoms with Gasteiger partial charge in [-0.15, -0.1) is 0 Å². The SMILES string of the molecule is Cc1nc(C(=O)O)c2n1-c1ccc([N+](=O)[O-])cc1C(c1ccccc1Cl)=NC2. The Hall–Kier alpha value is -3.52.